The summed E-state index contributed by atoms with van der Waals surface area (Å²) in [7, 11) is 0. The fourth-order valence-electron chi connectivity index (χ4n) is 2.00. The van der Waals surface area contributed by atoms with Crippen LogP contribution in [0.25, 0.3) is 5.57 Å². The van der Waals surface area contributed by atoms with Crippen LogP contribution in [-0.4, -0.2) is 11.6 Å². The van der Waals surface area contributed by atoms with Gasteiger partial charge < -0.3 is 11.5 Å². The van der Waals surface area contributed by atoms with E-state index in [9.17, 15) is 0 Å². The van der Waals surface area contributed by atoms with E-state index in [1.54, 1.807) is 0 Å². The van der Waals surface area contributed by atoms with Crippen molar-refractivity contribution >= 4 is 5.57 Å². The fraction of sp³-hybridized carbons (Fsp3) is 0.286. The third-order valence-corrected chi connectivity index (χ3v) is 3.09. The molecule has 2 unspecified atom stereocenters. The van der Waals surface area contributed by atoms with Gasteiger partial charge in [-0.3, -0.25) is 0 Å². The van der Waals surface area contributed by atoms with Crippen molar-refractivity contribution in [1.82, 2.24) is 0 Å². The second-order valence-corrected chi connectivity index (χ2v) is 4.69. The molecule has 0 saturated heterocycles. The van der Waals surface area contributed by atoms with Gasteiger partial charge in [0.1, 0.15) is 0 Å². The number of hydrogen-bond acceptors (Lipinski definition) is 2. The monoisotopic (exact) mass is 214 g/mol. The van der Waals surface area contributed by atoms with Gasteiger partial charge in [-0.15, -0.1) is 0 Å². The molecule has 2 nitrogen and oxygen atoms in total. The Morgan fingerprint density at radius 3 is 2.75 bits per heavy atom. The highest BCUT2D eigenvalue weighted by Crippen LogP contribution is 2.27. The van der Waals surface area contributed by atoms with E-state index in [1.165, 1.54) is 5.56 Å². The van der Waals surface area contributed by atoms with Crippen molar-refractivity contribution in [3.63, 3.8) is 0 Å². The molecule has 0 fully saturated rings. The van der Waals surface area contributed by atoms with Crippen LogP contribution in [0.1, 0.15) is 18.1 Å². The van der Waals surface area contributed by atoms with Gasteiger partial charge in [0.15, 0.2) is 0 Å². The molecule has 0 aromatic heterocycles. The molecule has 1 aliphatic carbocycles. The Morgan fingerprint density at radius 2 is 2.06 bits per heavy atom. The van der Waals surface area contributed by atoms with E-state index in [2.05, 4.69) is 25.1 Å². The summed E-state index contributed by atoms with van der Waals surface area (Å²) in [5.74, 6) is 0. The minimum Gasteiger partial charge on any atom is -0.322 e. The molecule has 2 rings (SSSR count). The number of aryl methyl sites for hydroxylation is 1. The second kappa shape index (κ2) is 3.89. The smallest absolute Gasteiger partial charge is 0.0517 e. The minimum absolute atomic E-state index is 0.153. The molecule has 2 atom stereocenters. The molecule has 0 spiro atoms. The molecule has 2 heteroatoms. The number of rotatable bonds is 1. The number of benzene rings is 1. The Kier molecular flexibility index (Phi) is 2.70. The van der Waals surface area contributed by atoms with Crippen LogP contribution in [0, 0.1) is 6.92 Å². The van der Waals surface area contributed by atoms with E-state index in [4.69, 9.17) is 11.5 Å². The average molecular weight is 214 g/mol. The normalized spacial score (nSPS) is 29.0. The van der Waals surface area contributed by atoms with Gasteiger partial charge in [-0.05, 0) is 25.0 Å². The molecule has 1 aliphatic rings. The van der Waals surface area contributed by atoms with Crippen LogP contribution in [0.3, 0.4) is 0 Å². The molecule has 84 valence electrons. The van der Waals surface area contributed by atoms with E-state index in [0.717, 1.165) is 11.1 Å². The van der Waals surface area contributed by atoms with Crippen molar-refractivity contribution in [2.24, 2.45) is 11.5 Å². The lowest BCUT2D eigenvalue weighted by atomic mass is 9.81. The number of allylic oxidation sites excluding steroid dienone is 2. The molecule has 0 amide bonds. The largest absolute Gasteiger partial charge is 0.322 e. The van der Waals surface area contributed by atoms with Gasteiger partial charge in [-0.25, -0.2) is 0 Å². The van der Waals surface area contributed by atoms with Gasteiger partial charge in [0.05, 0.1) is 11.6 Å². The first kappa shape index (κ1) is 11.1. The zero-order valence-electron chi connectivity index (χ0n) is 9.77. The summed E-state index contributed by atoms with van der Waals surface area (Å²) in [5.41, 5.74) is 15.4. The Bertz CT molecular complexity index is 456. The van der Waals surface area contributed by atoms with Crippen LogP contribution in [0.15, 0.2) is 42.5 Å². The predicted octanol–water partition coefficient (Wildman–Crippen LogP) is 1.99. The van der Waals surface area contributed by atoms with E-state index in [-0.39, 0.29) is 6.04 Å². The molecule has 0 radical (unpaired) electrons. The maximum Gasteiger partial charge on any atom is 0.0517 e. The van der Waals surface area contributed by atoms with Crippen molar-refractivity contribution in [2.45, 2.75) is 25.4 Å². The zero-order valence-corrected chi connectivity index (χ0v) is 9.77. The summed E-state index contributed by atoms with van der Waals surface area (Å²) in [4.78, 5) is 0. The fourth-order valence-corrected chi connectivity index (χ4v) is 2.00. The van der Waals surface area contributed by atoms with Crippen LogP contribution in [-0.2, 0) is 0 Å². The predicted molar refractivity (Wildman–Crippen MR) is 68.9 cm³/mol. The van der Waals surface area contributed by atoms with Crippen molar-refractivity contribution in [3.8, 4) is 0 Å². The van der Waals surface area contributed by atoms with Gasteiger partial charge in [0, 0.05) is 0 Å². The molecule has 0 heterocycles. The Balaban J connectivity index is 2.42. The standard InChI is InChI=1S/C14H18N2/c1-10-5-3-6-11(9-10)12-7-4-8-14(2,16)13(12)15/h3-9,13H,15-16H2,1-2H3. The SMILES string of the molecule is Cc1cccc(C2=CC=CC(C)(N)C2N)c1. The first-order valence-electron chi connectivity index (χ1n) is 5.51. The first-order valence-corrected chi connectivity index (χ1v) is 5.51. The maximum atomic E-state index is 6.19. The van der Waals surface area contributed by atoms with Crippen molar-refractivity contribution in [1.29, 1.82) is 0 Å². The molecular weight excluding hydrogens is 196 g/mol. The molecule has 1 aromatic rings. The van der Waals surface area contributed by atoms with Crippen LogP contribution in [0.5, 0.6) is 0 Å². The van der Waals surface area contributed by atoms with Crippen molar-refractivity contribution in [2.75, 3.05) is 0 Å². The van der Waals surface area contributed by atoms with Gasteiger partial charge >= 0.3 is 0 Å². The van der Waals surface area contributed by atoms with E-state index in [1.807, 2.05) is 31.2 Å². The molecule has 0 saturated carbocycles. The lowest BCUT2D eigenvalue weighted by molar-refractivity contribution is 0.525. The Hall–Kier alpha value is -1.38. The highest BCUT2D eigenvalue weighted by molar-refractivity contribution is 5.74. The van der Waals surface area contributed by atoms with Crippen molar-refractivity contribution < 1.29 is 0 Å². The van der Waals surface area contributed by atoms with E-state index < -0.39 is 5.54 Å². The number of nitrogens with two attached hydrogens (primary N) is 2. The summed E-state index contributed by atoms with van der Waals surface area (Å²) in [5, 5.41) is 0. The van der Waals surface area contributed by atoms with Crippen LogP contribution in [0.2, 0.25) is 0 Å². The molecule has 1 aromatic carbocycles. The van der Waals surface area contributed by atoms with E-state index >= 15 is 0 Å². The highest BCUT2D eigenvalue weighted by atomic mass is 14.8. The molecule has 16 heavy (non-hydrogen) atoms. The lowest BCUT2D eigenvalue weighted by Crippen LogP contribution is -2.52. The van der Waals surface area contributed by atoms with Gasteiger partial charge in [-0.1, -0.05) is 48.1 Å². The molecular formula is C14H18N2. The minimum atomic E-state index is -0.464. The third kappa shape index (κ3) is 1.94. The van der Waals surface area contributed by atoms with Crippen molar-refractivity contribution in [3.05, 3.63) is 53.6 Å². The zero-order chi connectivity index (χ0) is 11.8. The first-order chi connectivity index (χ1) is 7.50. The summed E-state index contributed by atoms with van der Waals surface area (Å²) >= 11 is 0. The maximum absolute atomic E-state index is 6.19. The van der Waals surface area contributed by atoms with Gasteiger partial charge in [-0.2, -0.15) is 0 Å². The van der Waals surface area contributed by atoms with Crippen LogP contribution >= 0.6 is 0 Å². The molecule has 4 N–H and O–H groups in total. The summed E-state index contributed by atoms with van der Waals surface area (Å²) in [6.07, 6.45) is 5.99. The molecule has 0 bridgehead atoms. The Labute approximate surface area is 96.6 Å². The van der Waals surface area contributed by atoms with Gasteiger partial charge in [0.2, 0.25) is 0 Å². The lowest BCUT2D eigenvalue weighted by Gasteiger charge is -2.33. The Morgan fingerprint density at radius 1 is 1.31 bits per heavy atom. The van der Waals surface area contributed by atoms with Crippen LogP contribution < -0.4 is 11.5 Å². The summed E-state index contributed by atoms with van der Waals surface area (Å²) in [6.45, 7) is 4.03. The van der Waals surface area contributed by atoms with Crippen LogP contribution in [0.4, 0.5) is 0 Å². The highest BCUT2D eigenvalue weighted by Gasteiger charge is 2.29. The molecule has 0 aliphatic heterocycles. The van der Waals surface area contributed by atoms with E-state index in [0.29, 0.717) is 0 Å². The second-order valence-electron chi connectivity index (χ2n) is 4.69. The summed E-state index contributed by atoms with van der Waals surface area (Å²) < 4.78 is 0. The number of hydrogen-bond donors (Lipinski definition) is 2. The average Bonchev–Trinajstić information content (AvgIpc) is 2.22. The topological polar surface area (TPSA) is 52.0 Å². The third-order valence-electron chi connectivity index (χ3n) is 3.09. The van der Waals surface area contributed by atoms with Gasteiger partial charge in [0.25, 0.3) is 0 Å². The quantitative estimate of drug-likeness (QED) is 0.751. The summed E-state index contributed by atoms with van der Waals surface area (Å²) in [6, 6.07) is 8.19.